The number of primary amides is 1. The zero-order valence-electron chi connectivity index (χ0n) is 10.8. The summed E-state index contributed by atoms with van der Waals surface area (Å²) < 4.78 is 0. The van der Waals surface area contributed by atoms with Gasteiger partial charge in [0.05, 0.1) is 6.04 Å². The number of likely N-dealkylation sites (tertiary alicyclic amines) is 1. The maximum Gasteiger partial charge on any atom is 0.234 e. The van der Waals surface area contributed by atoms with Crippen LogP contribution < -0.4 is 11.1 Å². The van der Waals surface area contributed by atoms with Gasteiger partial charge in [-0.3, -0.25) is 9.69 Å². The van der Waals surface area contributed by atoms with E-state index in [1.807, 2.05) is 0 Å². The summed E-state index contributed by atoms with van der Waals surface area (Å²) in [7, 11) is 0. The van der Waals surface area contributed by atoms with Gasteiger partial charge in [0.2, 0.25) is 5.91 Å². The van der Waals surface area contributed by atoms with E-state index in [2.05, 4.69) is 17.1 Å². The minimum Gasteiger partial charge on any atom is -0.368 e. The van der Waals surface area contributed by atoms with Crippen LogP contribution in [0.15, 0.2) is 0 Å². The smallest absolute Gasteiger partial charge is 0.234 e. The average Bonchev–Trinajstić information content (AvgIpc) is 3.12. The lowest BCUT2D eigenvalue weighted by Gasteiger charge is -2.39. The van der Waals surface area contributed by atoms with E-state index in [1.165, 1.54) is 32.1 Å². The molecule has 3 N–H and O–H groups in total. The summed E-state index contributed by atoms with van der Waals surface area (Å²) in [5.41, 5.74) is 5.51. The molecule has 98 valence electrons. The van der Waals surface area contributed by atoms with Crippen molar-refractivity contribution in [1.29, 1.82) is 0 Å². The monoisotopic (exact) mass is 239 g/mol. The van der Waals surface area contributed by atoms with Gasteiger partial charge in [0.1, 0.15) is 0 Å². The number of nitrogens with zero attached hydrogens (tertiary/aromatic N) is 1. The van der Waals surface area contributed by atoms with Crippen molar-refractivity contribution in [3.63, 3.8) is 0 Å². The third-order valence-corrected chi connectivity index (χ3v) is 4.01. The van der Waals surface area contributed by atoms with E-state index in [9.17, 15) is 4.79 Å². The van der Waals surface area contributed by atoms with Crippen LogP contribution in [0.3, 0.4) is 0 Å². The lowest BCUT2D eigenvalue weighted by atomic mass is 9.98. The molecule has 0 radical (unpaired) electrons. The number of carbonyl (C=O) groups excluding carboxylic acids is 1. The van der Waals surface area contributed by atoms with Crippen molar-refractivity contribution in [3.05, 3.63) is 0 Å². The van der Waals surface area contributed by atoms with Gasteiger partial charge in [-0.1, -0.05) is 13.3 Å². The highest BCUT2D eigenvalue weighted by atomic mass is 16.1. The zero-order valence-corrected chi connectivity index (χ0v) is 10.8. The van der Waals surface area contributed by atoms with Gasteiger partial charge in [-0.05, 0) is 38.6 Å². The van der Waals surface area contributed by atoms with E-state index in [-0.39, 0.29) is 11.9 Å². The first-order valence-corrected chi connectivity index (χ1v) is 7.00. The third-order valence-electron chi connectivity index (χ3n) is 4.01. The highest BCUT2D eigenvalue weighted by Gasteiger charge is 2.32. The fraction of sp³-hybridized carbons (Fsp3) is 0.923. The van der Waals surface area contributed by atoms with Gasteiger partial charge in [0, 0.05) is 18.6 Å². The zero-order chi connectivity index (χ0) is 12.3. The number of nitrogens with one attached hydrogen (secondary N) is 1. The minimum atomic E-state index is -0.161. The number of piperidine rings is 1. The number of nitrogens with two attached hydrogens (primary N) is 1. The molecule has 0 aromatic carbocycles. The Labute approximate surface area is 104 Å². The Morgan fingerprint density at radius 2 is 2.18 bits per heavy atom. The Morgan fingerprint density at radius 1 is 1.41 bits per heavy atom. The van der Waals surface area contributed by atoms with Crippen LogP contribution in [-0.2, 0) is 4.79 Å². The summed E-state index contributed by atoms with van der Waals surface area (Å²) in [6.45, 7) is 4.10. The lowest BCUT2D eigenvalue weighted by Crippen LogP contribution is -2.54. The van der Waals surface area contributed by atoms with Gasteiger partial charge < -0.3 is 11.1 Å². The highest BCUT2D eigenvalue weighted by molar-refractivity contribution is 5.79. The molecule has 4 nitrogen and oxygen atoms in total. The number of hydrogen-bond acceptors (Lipinski definition) is 3. The molecule has 1 heterocycles. The van der Waals surface area contributed by atoms with E-state index in [0.29, 0.717) is 6.04 Å². The largest absolute Gasteiger partial charge is 0.368 e. The lowest BCUT2D eigenvalue weighted by molar-refractivity contribution is -0.124. The fourth-order valence-electron chi connectivity index (χ4n) is 2.84. The van der Waals surface area contributed by atoms with E-state index in [0.717, 1.165) is 25.6 Å². The molecule has 4 heteroatoms. The van der Waals surface area contributed by atoms with Crippen LogP contribution >= 0.6 is 0 Å². The highest BCUT2D eigenvalue weighted by Crippen LogP contribution is 2.23. The molecular formula is C13H25N3O. The summed E-state index contributed by atoms with van der Waals surface area (Å²) in [6, 6.07) is 1.18. The van der Waals surface area contributed by atoms with Gasteiger partial charge in [-0.25, -0.2) is 0 Å². The topological polar surface area (TPSA) is 58.4 Å². The maximum absolute atomic E-state index is 11.5. The van der Waals surface area contributed by atoms with Gasteiger partial charge in [0.15, 0.2) is 0 Å². The number of amides is 1. The number of rotatable bonds is 6. The summed E-state index contributed by atoms with van der Waals surface area (Å²) in [5, 5.41) is 3.58. The normalized spacial score (nSPS) is 27.9. The third kappa shape index (κ3) is 3.42. The Bertz CT molecular complexity index is 265. The number of hydrogen-bond donors (Lipinski definition) is 2. The first-order valence-electron chi connectivity index (χ1n) is 7.00. The van der Waals surface area contributed by atoms with Crippen molar-refractivity contribution in [2.24, 2.45) is 5.73 Å². The molecule has 2 rings (SSSR count). The molecule has 17 heavy (non-hydrogen) atoms. The Balaban J connectivity index is 1.91. The van der Waals surface area contributed by atoms with Crippen molar-refractivity contribution in [2.45, 2.75) is 63.6 Å². The molecular weight excluding hydrogens is 214 g/mol. The quantitative estimate of drug-likeness (QED) is 0.722. The van der Waals surface area contributed by atoms with Crippen LogP contribution in [0.5, 0.6) is 0 Å². The molecule has 1 saturated carbocycles. The van der Waals surface area contributed by atoms with Crippen molar-refractivity contribution in [3.8, 4) is 0 Å². The van der Waals surface area contributed by atoms with Gasteiger partial charge >= 0.3 is 0 Å². The average molecular weight is 239 g/mol. The molecule has 0 spiro atoms. The van der Waals surface area contributed by atoms with E-state index < -0.39 is 0 Å². The second-order valence-corrected chi connectivity index (χ2v) is 5.40. The molecule has 1 aliphatic heterocycles. The first-order chi connectivity index (χ1) is 8.22. The molecule has 0 aromatic heterocycles. The molecule has 2 unspecified atom stereocenters. The molecule has 1 saturated heterocycles. The maximum atomic E-state index is 11.5. The number of carbonyl (C=O) groups is 1. The standard InChI is InChI=1S/C13H25N3O/c1-2-12(13(14)17)16-8-4-3-5-11(16)9-15-10-6-7-10/h10-12,15H,2-9H2,1H3,(H2,14,17). The summed E-state index contributed by atoms with van der Waals surface area (Å²) in [5.74, 6) is -0.161. The van der Waals surface area contributed by atoms with Crippen molar-refractivity contribution < 1.29 is 4.79 Å². The van der Waals surface area contributed by atoms with Crippen LogP contribution in [0.2, 0.25) is 0 Å². The van der Waals surface area contributed by atoms with Crippen molar-refractivity contribution >= 4 is 5.91 Å². The van der Waals surface area contributed by atoms with E-state index >= 15 is 0 Å². The van der Waals surface area contributed by atoms with E-state index in [4.69, 9.17) is 5.73 Å². The minimum absolute atomic E-state index is 0.0682. The van der Waals surface area contributed by atoms with Crippen LogP contribution in [0.4, 0.5) is 0 Å². The van der Waals surface area contributed by atoms with Gasteiger partial charge in [-0.15, -0.1) is 0 Å². The van der Waals surface area contributed by atoms with E-state index in [1.54, 1.807) is 0 Å². The van der Waals surface area contributed by atoms with Crippen LogP contribution in [-0.4, -0.2) is 42.0 Å². The van der Waals surface area contributed by atoms with Crippen LogP contribution in [0.25, 0.3) is 0 Å². The van der Waals surface area contributed by atoms with Crippen LogP contribution in [0, 0.1) is 0 Å². The molecule has 1 amide bonds. The fourth-order valence-corrected chi connectivity index (χ4v) is 2.84. The van der Waals surface area contributed by atoms with Gasteiger partial charge in [-0.2, -0.15) is 0 Å². The Morgan fingerprint density at radius 3 is 2.76 bits per heavy atom. The predicted molar refractivity (Wildman–Crippen MR) is 68.6 cm³/mol. The molecule has 0 bridgehead atoms. The summed E-state index contributed by atoms with van der Waals surface area (Å²) in [4.78, 5) is 13.8. The van der Waals surface area contributed by atoms with Crippen molar-refractivity contribution in [2.75, 3.05) is 13.1 Å². The molecule has 2 fully saturated rings. The summed E-state index contributed by atoms with van der Waals surface area (Å²) in [6.07, 6.45) is 7.14. The Hall–Kier alpha value is -0.610. The summed E-state index contributed by atoms with van der Waals surface area (Å²) >= 11 is 0. The van der Waals surface area contributed by atoms with Crippen LogP contribution in [0.1, 0.15) is 45.4 Å². The first kappa shape index (κ1) is 12.8. The second kappa shape index (κ2) is 5.83. The molecule has 0 aromatic rings. The molecule has 2 atom stereocenters. The Kier molecular flexibility index (Phi) is 4.40. The predicted octanol–water partition coefficient (Wildman–Crippen LogP) is 0.857. The van der Waals surface area contributed by atoms with Crippen molar-refractivity contribution in [1.82, 2.24) is 10.2 Å². The molecule has 2 aliphatic rings. The van der Waals surface area contributed by atoms with Gasteiger partial charge in [0.25, 0.3) is 0 Å². The second-order valence-electron chi connectivity index (χ2n) is 5.40. The SMILES string of the molecule is CCC(C(N)=O)N1CCCCC1CNC1CC1. The molecule has 1 aliphatic carbocycles.